The van der Waals surface area contributed by atoms with Crippen LogP contribution in [0.2, 0.25) is 6.04 Å². The molecule has 0 atom stereocenters. The molecule has 0 fully saturated rings. The molecule has 0 aliphatic heterocycles. The molecule has 0 aliphatic rings. The number of rotatable bonds is 16. The van der Waals surface area contributed by atoms with E-state index in [-0.39, 0.29) is 23.1 Å². The van der Waals surface area contributed by atoms with Gasteiger partial charge in [0.2, 0.25) is 0 Å². The summed E-state index contributed by atoms with van der Waals surface area (Å²) < 4.78 is 18.7. The van der Waals surface area contributed by atoms with E-state index in [2.05, 4.69) is 31.2 Å². The fourth-order valence-corrected chi connectivity index (χ4v) is 7.29. The average molecular weight is 579 g/mol. The van der Waals surface area contributed by atoms with Crippen LogP contribution in [-0.4, -0.2) is 31.3 Å². The Kier molecular flexibility index (Phi) is 12.8. The van der Waals surface area contributed by atoms with Crippen molar-refractivity contribution in [2.45, 2.75) is 80.2 Å². The van der Waals surface area contributed by atoms with Gasteiger partial charge in [-0.15, -0.1) is 0 Å². The molecule has 0 bridgehead atoms. The van der Waals surface area contributed by atoms with Crippen molar-refractivity contribution in [3.05, 3.63) is 89.1 Å². The van der Waals surface area contributed by atoms with Gasteiger partial charge in [0.15, 0.2) is 17.3 Å². The van der Waals surface area contributed by atoms with Gasteiger partial charge in [-0.05, 0) is 95.2 Å². The first-order chi connectivity index (χ1) is 19.3. The lowest BCUT2D eigenvalue weighted by atomic mass is 9.95. The highest BCUT2D eigenvalue weighted by molar-refractivity contribution is 6.61. The number of hydrogen-bond donors (Lipinski definition) is 1. The third-order valence-corrected chi connectivity index (χ3v) is 8.86. The van der Waals surface area contributed by atoms with E-state index >= 15 is 0 Å². The lowest BCUT2D eigenvalue weighted by molar-refractivity contribution is -0.113. The normalized spacial score (nSPS) is 13.8. The predicted octanol–water partition coefficient (Wildman–Crippen LogP) is 7.41. The number of benzene rings is 2. The standard InChI is InChI=1S/C33H42O7Si/c1-8-10-29-12-14-30(15-13-29)33-17-16-32(37)22-31(33)11-9-18-41(38-26(5)19-23(2)34,39-27(6)20-24(3)35)40-28(7)21-25(4)36/h12-17,19-22,37H,8-11,18H2,1-7H3. The minimum Gasteiger partial charge on any atom is -0.508 e. The van der Waals surface area contributed by atoms with Gasteiger partial charge in [-0.25, -0.2) is 0 Å². The largest absolute Gasteiger partial charge is 0.698 e. The van der Waals surface area contributed by atoms with Crippen molar-refractivity contribution >= 4 is 26.2 Å². The third-order valence-electron chi connectivity index (χ3n) is 5.99. The van der Waals surface area contributed by atoms with Gasteiger partial charge in [0.1, 0.15) is 5.75 Å². The molecule has 0 heterocycles. The van der Waals surface area contributed by atoms with Crippen LogP contribution in [0.3, 0.4) is 0 Å². The Bertz CT molecular complexity index is 1240. The molecule has 7 nitrogen and oxygen atoms in total. The summed E-state index contributed by atoms with van der Waals surface area (Å²) in [5, 5.41) is 10.3. The summed E-state index contributed by atoms with van der Waals surface area (Å²) in [7, 11) is -3.69. The van der Waals surface area contributed by atoms with Gasteiger partial charge in [0, 0.05) is 18.2 Å². The van der Waals surface area contributed by atoms with Crippen LogP contribution >= 0.6 is 0 Å². The van der Waals surface area contributed by atoms with Crippen LogP contribution in [0, 0.1) is 0 Å². The number of carbonyl (C=O) groups excluding carboxylic acids is 3. The molecule has 8 heteroatoms. The summed E-state index contributed by atoms with van der Waals surface area (Å²) >= 11 is 0. The Hall–Kier alpha value is -3.91. The lowest BCUT2D eigenvalue weighted by Crippen LogP contribution is -2.44. The number of aryl methyl sites for hydroxylation is 2. The Morgan fingerprint density at radius 2 is 1.22 bits per heavy atom. The van der Waals surface area contributed by atoms with E-state index in [0.29, 0.717) is 36.2 Å². The Morgan fingerprint density at radius 3 is 1.66 bits per heavy atom. The molecular formula is C33H42O7Si. The maximum absolute atomic E-state index is 11.8. The molecule has 0 unspecified atom stereocenters. The minimum absolute atomic E-state index is 0.166. The summed E-state index contributed by atoms with van der Waals surface area (Å²) in [6, 6.07) is 14.1. The first-order valence-electron chi connectivity index (χ1n) is 13.9. The van der Waals surface area contributed by atoms with E-state index in [1.54, 1.807) is 32.9 Å². The Balaban J connectivity index is 2.46. The summed E-state index contributed by atoms with van der Waals surface area (Å²) in [5.41, 5.74) is 4.27. The van der Waals surface area contributed by atoms with Crippen molar-refractivity contribution < 1.29 is 32.8 Å². The second-order valence-corrected chi connectivity index (χ2v) is 12.7. The van der Waals surface area contributed by atoms with Crippen molar-refractivity contribution in [2.24, 2.45) is 0 Å². The van der Waals surface area contributed by atoms with E-state index in [9.17, 15) is 19.5 Å². The van der Waals surface area contributed by atoms with Gasteiger partial charge in [-0.1, -0.05) is 43.7 Å². The van der Waals surface area contributed by atoms with E-state index in [1.807, 2.05) is 6.07 Å². The smallest absolute Gasteiger partial charge is 0.508 e. The van der Waals surface area contributed by atoms with E-state index < -0.39 is 8.80 Å². The molecule has 41 heavy (non-hydrogen) atoms. The van der Waals surface area contributed by atoms with Crippen LogP contribution in [-0.2, 0) is 40.5 Å². The van der Waals surface area contributed by atoms with E-state index in [1.165, 1.54) is 44.6 Å². The number of carbonyl (C=O) groups is 3. The van der Waals surface area contributed by atoms with Crippen molar-refractivity contribution in [1.82, 2.24) is 0 Å². The Morgan fingerprint density at radius 1 is 0.732 bits per heavy atom. The molecule has 2 rings (SSSR count). The van der Waals surface area contributed by atoms with Crippen LogP contribution in [0.4, 0.5) is 0 Å². The van der Waals surface area contributed by atoms with Gasteiger partial charge in [-0.2, -0.15) is 0 Å². The minimum atomic E-state index is -3.69. The molecule has 0 radical (unpaired) electrons. The predicted molar refractivity (Wildman–Crippen MR) is 163 cm³/mol. The molecule has 220 valence electrons. The fourth-order valence-electron chi connectivity index (χ4n) is 4.60. The zero-order valence-corrected chi connectivity index (χ0v) is 26.2. The molecule has 2 aromatic carbocycles. The summed E-state index contributed by atoms with van der Waals surface area (Å²) in [5.74, 6) is 0.478. The second kappa shape index (κ2) is 15.8. The quantitative estimate of drug-likeness (QED) is 0.126. The average Bonchev–Trinajstić information content (AvgIpc) is 2.83. The molecule has 0 aliphatic carbocycles. The maximum Gasteiger partial charge on any atom is 0.698 e. The summed E-state index contributed by atoms with van der Waals surface area (Å²) in [4.78, 5) is 35.3. The second-order valence-electron chi connectivity index (χ2n) is 10.2. The first kappa shape index (κ1) is 33.3. The van der Waals surface area contributed by atoms with Crippen LogP contribution in [0.15, 0.2) is 78.0 Å². The van der Waals surface area contributed by atoms with Gasteiger partial charge in [-0.3, -0.25) is 14.4 Å². The highest BCUT2D eigenvalue weighted by atomic mass is 28.4. The number of aromatic hydroxyl groups is 1. The van der Waals surface area contributed by atoms with E-state index in [0.717, 1.165) is 29.5 Å². The monoisotopic (exact) mass is 578 g/mol. The van der Waals surface area contributed by atoms with Crippen molar-refractivity contribution in [3.63, 3.8) is 0 Å². The molecule has 0 spiro atoms. The number of hydrogen-bond acceptors (Lipinski definition) is 7. The van der Waals surface area contributed by atoms with Crippen LogP contribution in [0.25, 0.3) is 11.1 Å². The van der Waals surface area contributed by atoms with Gasteiger partial charge < -0.3 is 18.4 Å². The van der Waals surface area contributed by atoms with E-state index in [4.69, 9.17) is 13.3 Å². The number of phenolic OH excluding ortho intramolecular Hbond substituents is 1. The van der Waals surface area contributed by atoms with Crippen molar-refractivity contribution in [1.29, 1.82) is 0 Å². The van der Waals surface area contributed by atoms with Crippen LogP contribution < -0.4 is 0 Å². The maximum atomic E-state index is 11.8. The molecule has 2 aromatic rings. The van der Waals surface area contributed by atoms with Gasteiger partial charge in [0.25, 0.3) is 0 Å². The number of ketones is 3. The van der Waals surface area contributed by atoms with Crippen LogP contribution in [0.5, 0.6) is 5.75 Å². The summed E-state index contributed by atoms with van der Waals surface area (Å²) in [6.45, 7) is 11.3. The lowest BCUT2D eigenvalue weighted by Gasteiger charge is -2.31. The fraction of sp³-hybridized carbons (Fsp3) is 0.364. The zero-order valence-electron chi connectivity index (χ0n) is 25.2. The highest BCUT2D eigenvalue weighted by Crippen LogP contribution is 2.32. The molecule has 0 saturated carbocycles. The van der Waals surface area contributed by atoms with Crippen LogP contribution in [0.1, 0.15) is 72.4 Å². The third kappa shape index (κ3) is 11.6. The molecular weight excluding hydrogens is 536 g/mol. The number of allylic oxidation sites excluding steroid dienone is 6. The molecule has 0 amide bonds. The molecule has 0 aromatic heterocycles. The number of phenols is 1. The van der Waals surface area contributed by atoms with Gasteiger partial charge >= 0.3 is 8.80 Å². The molecule has 0 saturated heterocycles. The van der Waals surface area contributed by atoms with Crippen molar-refractivity contribution in [3.8, 4) is 16.9 Å². The van der Waals surface area contributed by atoms with Gasteiger partial charge in [0.05, 0.1) is 23.3 Å². The van der Waals surface area contributed by atoms with Crippen molar-refractivity contribution in [2.75, 3.05) is 0 Å². The SMILES string of the molecule is CCCc1ccc(-c2ccc(O)cc2CCC[Si](OC(C)=CC(C)=O)(OC(C)=CC(C)=O)OC(C)=CC(C)=O)cc1. The molecule has 1 N–H and O–H groups in total. The summed E-state index contributed by atoms with van der Waals surface area (Å²) in [6.07, 6.45) is 7.22. The first-order valence-corrected chi connectivity index (χ1v) is 15.8. The topological polar surface area (TPSA) is 99.1 Å². The Labute approximate surface area is 244 Å². The highest BCUT2D eigenvalue weighted by Gasteiger charge is 2.49. The zero-order chi connectivity index (χ0) is 30.6.